The minimum Gasteiger partial charge on any atom is -0.292 e. The summed E-state index contributed by atoms with van der Waals surface area (Å²) in [5.74, 6) is 0.136. The van der Waals surface area contributed by atoms with Crippen LogP contribution in [0, 0.1) is 6.92 Å². The summed E-state index contributed by atoms with van der Waals surface area (Å²) in [5.41, 5.74) is 5.08. The van der Waals surface area contributed by atoms with Crippen molar-refractivity contribution >= 4 is 33.1 Å². The largest absolute Gasteiger partial charge is 0.292 e. The van der Waals surface area contributed by atoms with Crippen molar-refractivity contribution in [1.82, 2.24) is 0 Å². The van der Waals surface area contributed by atoms with Gasteiger partial charge in [0.15, 0.2) is 5.78 Å². The average molecular weight is 266 g/mol. The Morgan fingerprint density at radius 2 is 2.13 bits per heavy atom. The van der Waals surface area contributed by atoms with E-state index in [2.05, 4.69) is 33.9 Å². The minimum absolute atomic E-state index is 0.136. The Balaban J connectivity index is 2.60. The molecule has 15 heavy (non-hydrogen) atoms. The topological polar surface area (TPSA) is 29.4 Å². The molecule has 0 bridgehead atoms. The lowest BCUT2D eigenvalue weighted by Crippen LogP contribution is -2.18. The first-order chi connectivity index (χ1) is 7.13. The van der Waals surface area contributed by atoms with E-state index in [-0.39, 0.29) is 5.78 Å². The van der Waals surface area contributed by atoms with Crippen LogP contribution in [0.25, 0.3) is 0 Å². The number of carbonyl (C=O) groups excluding carboxylic acids is 1. The highest BCUT2D eigenvalue weighted by Crippen LogP contribution is 2.30. The molecule has 2 nitrogen and oxygen atoms in total. The third kappa shape index (κ3) is 1.76. The average Bonchev–Trinajstić information content (AvgIpc) is 2.22. The summed E-state index contributed by atoms with van der Waals surface area (Å²) < 4.78 is 0. The van der Waals surface area contributed by atoms with Gasteiger partial charge in [0.05, 0.1) is 11.4 Å². The van der Waals surface area contributed by atoms with E-state index in [1.165, 1.54) is 11.1 Å². The molecule has 0 amide bonds. The zero-order chi connectivity index (χ0) is 11.0. The summed E-state index contributed by atoms with van der Waals surface area (Å²) in [4.78, 5) is 15.9. The molecule has 78 valence electrons. The number of halogens is 1. The number of ketones is 1. The molecule has 0 atom stereocenters. The Morgan fingerprint density at radius 3 is 2.80 bits per heavy atom. The van der Waals surface area contributed by atoms with E-state index >= 15 is 0 Å². The molecule has 3 heteroatoms. The smallest absolute Gasteiger partial charge is 0.181 e. The van der Waals surface area contributed by atoms with Gasteiger partial charge in [-0.05, 0) is 36.6 Å². The number of Topliss-reactive ketones (excluding diaryl/α,β-unsaturated/α-hetero) is 1. The first-order valence-corrected chi connectivity index (χ1v) is 6.01. The van der Waals surface area contributed by atoms with Crippen LogP contribution in [0.4, 0.5) is 5.69 Å². The van der Waals surface area contributed by atoms with Crippen molar-refractivity contribution in [3.8, 4) is 0 Å². The van der Waals surface area contributed by atoms with E-state index in [0.29, 0.717) is 12.1 Å². The minimum atomic E-state index is 0.136. The van der Waals surface area contributed by atoms with Crippen molar-refractivity contribution in [2.45, 2.75) is 25.6 Å². The van der Waals surface area contributed by atoms with Gasteiger partial charge in [-0.25, -0.2) is 4.99 Å². The summed E-state index contributed by atoms with van der Waals surface area (Å²) in [7, 11) is 0. The van der Waals surface area contributed by atoms with Crippen molar-refractivity contribution in [3.05, 3.63) is 28.8 Å². The SMILES string of the molecule is CC1=Nc2ccc(CBr)c(C)c2CC1=O. The van der Waals surface area contributed by atoms with Crippen LogP contribution in [0.15, 0.2) is 17.1 Å². The summed E-state index contributed by atoms with van der Waals surface area (Å²) >= 11 is 3.44. The van der Waals surface area contributed by atoms with E-state index < -0.39 is 0 Å². The maximum absolute atomic E-state index is 11.6. The van der Waals surface area contributed by atoms with Crippen molar-refractivity contribution in [2.24, 2.45) is 4.99 Å². The molecular weight excluding hydrogens is 254 g/mol. The normalized spacial score (nSPS) is 14.9. The summed E-state index contributed by atoms with van der Waals surface area (Å²) in [6.07, 6.45) is 0.497. The number of benzene rings is 1. The predicted molar refractivity (Wildman–Crippen MR) is 65.3 cm³/mol. The third-order valence-electron chi connectivity index (χ3n) is 2.86. The third-order valence-corrected chi connectivity index (χ3v) is 3.46. The lowest BCUT2D eigenvalue weighted by atomic mass is 9.94. The van der Waals surface area contributed by atoms with Crippen LogP contribution in [0.1, 0.15) is 23.6 Å². The Kier molecular flexibility index (Phi) is 2.74. The summed E-state index contributed by atoms with van der Waals surface area (Å²) in [5, 5.41) is 0.822. The molecule has 0 saturated heterocycles. The molecule has 0 spiro atoms. The number of fused-ring (bicyclic) bond motifs is 1. The van der Waals surface area contributed by atoms with E-state index in [4.69, 9.17) is 0 Å². The second kappa shape index (κ2) is 3.89. The van der Waals surface area contributed by atoms with Gasteiger partial charge < -0.3 is 0 Å². The van der Waals surface area contributed by atoms with Gasteiger partial charge in [-0.15, -0.1) is 0 Å². The van der Waals surface area contributed by atoms with Crippen LogP contribution in [-0.2, 0) is 16.5 Å². The van der Waals surface area contributed by atoms with E-state index in [1.807, 2.05) is 6.07 Å². The number of aliphatic imine (C=N–C) groups is 1. The first kappa shape index (κ1) is 10.6. The fraction of sp³-hybridized carbons (Fsp3) is 0.333. The van der Waals surface area contributed by atoms with Gasteiger partial charge >= 0.3 is 0 Å². The van der Waals surface area contributed by atoms with Gasteiger partial charge in [0, 0.05) is 11.8 Å². The number of alkyl halides is 1. The van der Waals surface area contributed by atoms with Gasteiger partial charge in [0.1, 0.15) is 0 Å². The summed E-state index contributed by atoms with van der Waals surface area (Å²) in [6.45, 7) is 3.83. The van der Waals surface area contributed by atoms with Gasteiger partial charge in [0.2, 0.25) is 0 Å². The molecular formula is C12H12BrNO. The van der Waals surface area contributed by atoms with Crippen molar-refractivity contribution in [1.29, 1.82) is 0 Å². The number of hydrogen-bond acceptors (Lipinski definition) is 2. The van der Waals surface area contributed by atoms with Crippen LogP contribution < -0.4 is 0 Å². The molecule has 1 aliphatic heterocycles. The Labute approximate surface area is 97.5 Å². The molecule has 0 N–H and O–H groups in total. The number of carbonyl (C=O) groups is 1. The molecule has 1 heterocycles. The molecule has 0 saturated carbocycles. The Morgan fingerprint density at radius 1 is 1.40 bits per heavy atom. The zero-order valence-electron chi connectivity index (χ0n) is 8.80. The van der Waals surface area contributed by atoms with Crippen molar-refractivity contribution in [3.63, 3.8) is 0 Å². The lowest BCUT2D eigenvalue weighted by Gasteiger charge is -2.16. The van der Waals surface area contributed by atoms with Crippen molar-refractivity contribution in [2.75, 3.05) is 0 Å². The van der Waals surface area contributed by atoms with Crippen LogP contribution in [-0.4, -0.2) is 11.5 Å². The van der Waals surface area contributed by atoms with Crippen LogP contribution >= 0.6 is 15.9 Å². The lowest BCUT2D eigenvalue weighted by molar-refractivity contribution is -0.112. The predicted octanol–water partition coefficient (Wildman–Crippen LogP) is 3.11. The highest BCUT2D eigenvalue weighted by atomic mass is 79.9. The fourth-order valence-electron chi connectivity index (χ4n) is 1.80. The molecule has 2 rings (SSSR count). The highest BCUT2D eigenvalue weighted by molar-refractivity contribution is 9.08. The van der Waals surface area contributed by atoms with Crippen LogP contribution in [0.2, 0.25) is 0 Å². The van der Waals surface area contributed by atoms with Crippen LogP contribution in [0.5, 0.6) is 0 Å². The Hall–Kier alpha value is -0.960. The Bertz CT molecular complexity index is 463. The molecule has 0 aromatic heterocycles. The molecule has 0 aliphatic carbocycles. The highest BCUT2D eigenvalue weighted by Gasteiger charge is 2.19. The molecule has 0 fully saturated rings. The van der Waals surface area contributed by atoms with Gasteiger partial charge in [0.25, 0.3) is 0 Å². The number of nitrogens with zero attached hydrogens (tertiary/aromatic N) is 1. The van der Waals surface area contributed by atoms with Gasteiger partial charge in [-0.2, -0.15) is 0 Å². The quantitative estimate of drug-likeness (QED) is 0.718. The molecule has 0 unspecified atom stereocenters. The maximum atomic E-state index is 11.6. The number of hydrogen-bond donors (Lipinski definition) is 0. The van der Waals surface area contributed by atoms with Gasteiger partial charge in [-0.1, -0.05) is 22.0 Å². The molecule has 1 aromatic carbocycles. The number of rotatable bonds is 1. The standard InChI is InChI=1S/C12H12BrNO/c1-7-9(6-13)3-4-11-10(7)5-12(15)8(2)14-11/h3-4H,5-6H2,1-2H3. The van der Waals surface area contributed by atoms with Gasteiger partial charge in [-0.3, -0.25) is 4.79 Å². The fourth-order valence-corrected chi connectivity index (χ4v) is 2.40. The monoisotopic (exact) mass is 265 g/mol. The molecule has 1 aromatic rings. The van der Waals surface area contributed by atoms with E-state index in [9.17, 15) is 4.79 Å². The summed E-state index contributed by atoms with van der Waals surface area (Å²) in [6, 6.07) is 4.06. The van der Waals surface area contributed by atoms with Crippen molar-refractivity contribution < 1.29 is 4.79 Å². The van der Waals surface area contributed by atoms with E-state index in [0.717, 1.165) is 16.6 Å². The second-order valence-electron chi connectivity index (χ2n) is 3.78. The van der Waals surface area contributed by atoms with Crippen LogP contribution in [0.3, 0.4) is 0 Å². The van der Waals surface area contributed by atoms with E-state index in [1.54, 1.807) is 6.92 Å². The zero-order valence-corrected chi connectivity index (χ0v) is 10.4. The molecule has 1 aliphatic rings. The maximum Gasteiger partial charge on any atom is 0.181 e. The second-order valence-corrected chi connectivity index (χ2v) is 4.34. The molecule has 0 radical (unpaired) electrons. The first-order valence-electron chi connectivity index (χ1n) is 4.89.